The smallest absolute Gasteiger partial charge is 0.327 e. The molecule has 14 heteroatoms. The highest BCUT2D eigenvalue weighted by Gasteiger charge is 2.22. The van der Waals surface area contributed by atoms with Crippen molar-refractivity contribution in [3.8, 4) is 11.5 Å². The largest absolute Gasteiger partial charge is 0.495 e. The van der Waals surface area contributed by atoms with Crippen LogP contribution in [0.25, 0.3) is 0 Å². The summed E-state index contributed by atoms with van der Waals surface area (Å²) in [4.78, 5) is 40.1. The predicted octanol–water partition coefficient (Wildman–Crippen LogP) is 6.86. The Balaban J connectivity index is 1.05. The number of carbonyl (C=O) groups excluding carboxylic acids is 2. The van der Waals surface area contributed by atoms with E-state index in [1.54, 1.807) is 19.2 Å². The van der Waals surface area contributed by atoms with Crippen LogP contribution in [0.4, 0.5) is 33.5 Å². The fourth-order valence-electron chi connectivity index (χ4n) is 5.72. The lowest BCUT2D eigenvalue weighted by atomic mass is 10.1. The van der Waals surface area contributed by atoms with Crippen molar-refractivity contribution in [2.24, 2.45) is 0 Å². The Hall–Kier alpha value is -4.78. The molecule has 2 heterocycles. The quantitative estimate of drug-likeness (QED) is 0.112. The SMILES string of the molecule is COc1cc(OC)c(Cl)c(NC(=O)N(C)c2cc(Nc3ccc(N4CCN(CC(=O)NCCCCCc5ccccc5)CC4)cc3)ncn2)c1Cl. The molecule has 3 N–H and O–H groups in total. The zero-order chi connectivity index (χ0) is 36.2. The number of piperazine rings is 1. The van der Waals surface area contributed by atoms with Crippen molar-refractivity contribution in [1.82, 2.24) is 20.2 Å². The molecule has 0 atom stereocenters. The highest BCUT2D eigenvalue weighted by Crippen LogP contribution is 2.44. The topological polar surface area (TPSA) is 124 Å². The molecule has 0 unspecified atom stereocenters. The molecule has 5 rings (SSSR count). The van der Waals surface area contributed by atoms with Crippen LogP contribution in [0.5, 0.6) is 11.5 Å². The third kappa shape index (κ3) is 10.4. The normalized spacial score (nSPS) is 13.0. The summed E-state index contributed by atoms with van der Waals surface area (Å²) in [5.74, 6) is 1.54. The molecule has 0 aliphatic carbocycles. The zero-order valence-electron chi connectivity index (χ0n) is 29.1. The number of ether oxygens (including phenoxy) is 2. The highest BCUT2D eigenvalue weighted by molar-refractivity contribution is 6.41. The molecule has 0 saturated carbocycles. The number of nitrogens with zero attached hydrogens (tertiary/aromatic N) is 5. The van der Waals surface area contributed by atoms with E-state index >= 15 is 0 Å². The molecule has 12 nitrogen and oxygen atoms in total. The second kappa shape index (κ2) is 18.5. The standard InChI is InChI=1S/C37H44Cl2N8O4/c1-45(37(49)44-36-34(38)29(50-2)22-30(51-3)35(36)39)32-23-31(41-25-42-32)43-27-13-15-28(16-14-27)47-20-18-46(19-21-47)24-33(48)40-17-9-5-8-12-26-10-6-4-7-11-26/h4,6-7,10-11,13-16,22-23,25H,5,8-9,12,17-21,24H2,1-3H3,(H,40,48)(H,44,49)(H,41,42,43). The maximum Gasteiger partial charge on any atom is 0.327 e. The Morgan fingerprint density at radius 3 is 2.22 bits per heavy atom. The zero-order valence-corrected chi connectivity index (χ0v) is 30.6. The summed E-state index contributed by atoms with van der Waals surface area (Å²) in [7, 11) is 4.48. The Morgan fingerprint density at radius 1 is 0.863 bits per heavy atom. The number of amides is 3. The molecule has 1 aromatic heterocycles. The average molecular weight is 736 g/mol. The van der Waals surface area contributed by atoms with E-state index in [2.05, 4.69) is 72.1 Å². The maximum atomic E-state index is 13.2. The van der Waals surface area contributed by atoms with Gasteiger partial charge in [0.05, 0.1) is 26.5 Å². The van der Waals surface area contributed by atoms with Gasteiger partial charge in [0.2, 0.25) is 5.91 Å². The van der Waals surface area contributed by atoms with Crippen molar-refractivity contribution in [2.75, 3.05) is 81.0 Å². The van der Waals surface area contributed by atoms with Crippen molar-refractivity contribution in [3.05, 3.63) is 88.7 Å². The van der Waals surface area contributed by atoms with Crippen molar-refractivity contribution in [3.63, 3.8) is 0 Å². The lowest BCUT2D eigenvalue weighted by Gasteiger charge is -2.35. The molecule has 270 valence electrons. The Labute approximate surface area is 309 Å². The second-order valence-electron chi connectivity index (χ2n) is 12.1. The molecule has 51 heavy (non-hydrogen) atoms. The minimum atomic E-state index is -0.533. The van der Waals surface area contributed by atoms with Crippen molar-refractivity contribution in [2.45, 2.75) is 25.7 Å². The summed E-state index contributed by atoms with van der Waals surface area (Å²) in [6.45, 7) is 4.46. The van der Waals surface area contributed by atoms with E-state index < -0.39 is 6.03 Å². The van der Waals surface area contributed by atoms with E-state index in [1.165, 1.54) is 31.0 Å². The number of hydrogen-bond acceptors (Lipinski definition) is 9. The number of hydrogen-bond donors (Lipinski definition) is 3. The van der Waals surface area contributed by atoms with Crippen LogP contribution >= 0.6 is 23.2 Å². The van der Waals surface area contributed by atoms with Crippen LogP contribution in [0.15, 0.2) is 73.1 Å². The van der Waals surface area contributed by atoms with E-state index in [4.69, 9.17) is 32.7 Å². The van der Waals surface area contributed by atoms with Crippen molar-refractivity contribution in [1.29, 1.82) is 0 Å². The van der Waals surface area contributed by atoms with Gasteiger partial charge in [-0.2, -0.15) is 0 Å². The molecule has 3 aromatic carbocycles. The van der Waals surface area contributed by atoms with Gasteiger partial charge in [-0.1, -0.05) is 60.0 Å². The van der Waals surface area contributed by atoms with Gasteiger partial charge in [-0.05, 0) is 49.1 Å². The molecule has 1 saturated heterocycles. The summed E-state index contributed by atoms with van der Waals surface area (Å²) < 4.78 is 10.6. The molecule has 0 spiro atoms. The maximum absolute atomic E-state index is 13.2. The fraction of sp³-hybridized carbons (Fsp3) is 0.351. The molecular weight excluding hydrogens is 691 g/mol. The van der Waals surface area contributed by atoms with Gasteiger partial charge in [0.15, 0.2) is 0 Å². The molecule has 4 aromatic rings. The lowest BCUT2D eigenvalue weighted by molar-refractivity contribution is -0.122. The minimum Gasteiger partial charge on any atom is -0.495 e. The number of benzene rings is 3. The Morgan fingerprint density at radius 2 is 1.55 bits per heavy atom. The van der Waals surface area contributed by atoms with Crippen LogP contribution in [0, 0.1) is 0 Å². The third-order valence-corrected chi connectivity index (χ3v) is 9.41. The van der Waals surface area contributed by atoms with Gasteiger partial charge >= 0.3 is 6.03 Å². The van der Waals surface area contributed by atoms with E-state index in [0.29, 0.717) is 29.7 Å². The van der Waals surface area contributed by atoms with Crippen molar-refractivity contribution >= 4 is 63.8 Å². The number of carbonyl (C=O) groups is 2. The molecule has 0 bridgehead atoms. The molecule has 1 aliphatic rings. The van der Waals surface area contributed by atoms with Crippen molar-refractivity contribution < 1.29 is 19.1 Å². The lowest BCUT2D eigenvalue weighted by Crippen LogP contribution is -2.49. The molecule has 1 aliphatic heterocycles. The monoisotopic (exact) mass is 734 g/mol. The van der Waals surface area contributed by atoms with Gasteiger partial charge in [-0.3, -0.25) is 14.6 Å². The molecular formula is C37H44Cl2N8O4. The Bertz CT molecular complexity index is 1730. The van der Waals surface area contributed by atoms with Gasteiger partial charge in [-0.25, -0.2) is 14.8 Å². The summed E-state index contributed by atoms with van der Waals surface area (Å²) in [5, 5.41) is 9.35. The number of unbranched alkanes of at least 4 members (excludes halogenated alkanes) is 2. The van der Waals surface area contributed by atoms with Gasteiger partial charge in [0.25, 0.3) is 0 Å². The van der Waals surface area contributed by atoms with Gasteiger partial charge in [0.1, 0.15) is 39.5 Å². The van der Waals surface area contributed by atoms with Gasteiger partial charge in [-0.15, -0.1) is 0 Å². The number of methoxy groups -OCH3 is 2. The first-order valence-electron chi connectivity index (χ1n) is 16.9. The second-order valence-corrected chi connectivity index (χ2v) is 12.9. The minimum absolute atomic E-state index is 0.0907. The van der Waals surface area contributed by atoms with E-state index in [0.717, 1.165) is 69.8 Å². The van der Waals surface area contributed by atoms with Crippen LogP contribution in [-0.2, 0) is 11.2 Å². The van der Waals surface area contributed by atoms with Crippen LogP contribution in [0.1, 0.15) is 24.8 Å². The van der Waals surface area contributed by atoms with Crippen LogP contribution in [0.3, 0.4) is 0 Å². The van der Waals surface area contributed by atoms with Gasteiger partial charge < -0.3 is 30.3 Å². The number of anilines is 5. The van der Waals surface area contributed by atoms with E-state index in [9.17, 15) is 9.59 Å². The number of aryl methyl sites for hydroxylation is 1. The Kier molecular flexibility index (Phi) is 13.6. The predicted molar refractivity (Wildman–Crippen MR) is 204 cm³/mol. The average Bonchev–Trinajstić information content (AvgIpc) is 3.15. The molecule has 0 radical (unpaired) electrons. The molecule has 1 fully saturated rings. The number of nitrogens with one attached hydrogen (secondary N) is 3. The summed E-state index contributed by atoms with van der Waals surface area (Å²) in [6, 6.07) is 21.3. The first-order chi connectivity index (χ1) is 24.7. The van der Waals surface area contributed by atoms with Crippen LogP contribution in [-0.4, -0.2) is 87.3 Å². The number of aromatic nitrogens is 2. The third-order valence-electron chi connectivity index (χ3n) is 8.66. The first-order valence-corrected chi connectivity index (χ1v) is 17.6. The van der Waals surface area contributed by atoms with Crippen LogP contribution < -0.4 is 35.2 Å². The van der Waals surface area contributed by atoms with Gasteiger partial charge in [0, 0.05) is 63.3 Å². The first kappa shape index (κ1) is 37.5. The number of rotatable bonds is 15. The highest BCUT2D eigenvalue weighted by atomic mass is 35.5. The van der Waals surface area contributed by atoms with E-state index in [-0.39, 0.29) is 21.6 Å². The fourth-order valence-corrected chi connectivity index (χ4v) is 6.31. The van der Waals surface area contributed by atoms with E-state index in [1.807, 2.05) is 18.2 Å². The summed E-state index contributed by atoms with van der Waals surface area (Å²) in [5.41, 5.74) is 3.45. The summed E-state index contributed by atoms with van der Waals surface area (Å²) >= 11 is 12.9. The number of halogens is 2. The van der Waals surface area contributed by atoms with Crippen LogP contribution in [0.2, 0.25) is 10.0 Å². The summed E-state index contributed by atoms with van der Waals surface area (Å²) in [6.07, 6.45) is 5.69. The number of urea groups is 1. The molecule has 3 amide bonds.